The Labute approximate surface area is 110 Å². The Morgan fingerprint density at radius 1 is 1.61 bits per heavy atom. The minimum absolute atomic E-state index is 0.231. The Kier molecular flexibility index (Phi) is 5.57. The SMILES string of the molecule is CCOC(=O)CCc1csc(NC(C)C(N)=O)n1. The largest absolute Gasteiger partial charge is 0.466 e. The highest BCUT2D eigenvalue weighted by Gasteiger charge is 2.11. The number of esters is 1. The maximum atomic E-state index is 11.2. The van der Waals surface area contributed by atoms with Crippen LogP contribution in [-0.4, -0.2) is 29.5 Å². The molecule has 0 fully saturated rings. The van der Waals surface area contributed by atoms with Crippen molar-refractivity contribution in [3.8, 4) is 0 Å². The van der Waals surface area contributed by atoms with Gasteiger partial charge in [0.15, 0.2) is 5.13 Å². The number of amides is 1. The summed E-state index contributed by atoms with van der Waals surface area (Å²) in [7, 11) is 0. The number of hydrogen-bond donors (Lipinski definition) is 2. The number of hydrogen-bond acceptors (Lipinski definition) is 6. The molecular formula is C11H17N3O3S. The van der Waals surface area contributed by atoms with E-state index in [0.717, 1.165) is 5.69 Å². The maximum Gasteiger partial charge on any atom is 0.306 e. The van der Waals surface area contributed by atoms with E-state index >= 15 is 0 Å². The average Bonchev–Trinajstić information content (AvgIpc) is 2.74. The molecular weight excluding hydrogens is 254 g/mol. The maximum absolute atomic E-state index is 11.2. The number of nitrogens with two attached hydrogens (primary N) is 1. The Morgan fingerprint density at radius 2 is 2.33 bits per heavy atom. The molecule has 0 saturated heterocycles. The third-order valence-electron chi connectivity index (χ3n) is 2.21. The van der Waals surface area contributed by atoms with E-state index in [4.69, 9.17) is 10.5 Å². The number of rotatable bonds is 7. The zero-order valence-corrected chi connectivity index (χ0v) is 11.3. The van der Waals surface area contributed by atoms with E-state index in [0.29, 0.717) is 24.6 Å². The predicted molar refractivity (Wildman–Crippen MR) is 69.3 cm³/mol. The fourth-order valence-corrected chi connectivity index (χ4v) is 2.04. The summed E-state index contributed by atoms with van der Waals surface area (Å²) in [5.41, 5.74) is 5.93. The van der Waals surface area contributed by atoms with E-state index in [9.17, 15) is 9.59 Å². The van der Waals surface area contributed by atoms with Gasteiger partial charge in [-0.3, -0.25) is 9.59 Å². The van der Waals surface area contributed by atoms with Crippen LogP contribution >= 0.6 is 11.3 Å². The van der Waals surface area contributed by atoms with Gasteiger partial charge in [-0.25, -0.2) is 4.98 Å². The number of thiazole rings is 1. The van der Waals surface area contributed by atoms with Gasteiger partial charge in [0.1, 0.15) is 6.04 Å². The first kappa shape index (κ1) is 14.4. The Balaban J connectivity index is 2.43. The smallest absolute Gasteiger partial charge is 0.306 e. The first-order valence-corrected chi connectivity index (χ1v) is 6.56. The van der Waals surface area contributed by atoms with E-state index < -0.39 is 11.9 Å². The minimum Gasteiger partial charge on any atom is -0.466 e. The normalized spacial score (nSPS) is 11.9. The second-order valence-electron chi connectivity index (χ2n) is 3.72. The highest BCUT2D eigenvalue weighted by molar-refractivity contribution is 7.13. The Hall–Kier alpha value is -1.63. The van der Waals surface area contributed by atoms with Crippen molar-refractivity contribution in [2.24, 2.45) is 5.73 Å². The third kappa shape index (κ3) is 4.70. The first-order chi connectivity index (χ1) is 8.52. The molecule has 1 rings (SSSR count). The molecule has 0 aliphatic heterocycles. The molecule has 0 aliphatic carbocycles. The zero-order valence-electron chi connectivity index (χ0n) is 10.4. The molecule has 0 saturated carbocycles. The Bertz CT molecular complexity index is 419. The molecule has 7 heteroatoms. The number of carbonyl (C=O) groups excluding carboxylic acids is 2. The van der Waals surface area contributed by atoms with Crippen LogP contribution in [0.5, 0.6) is 0 Å². The molecule has 1 atom stereocenters. The van der Waals surface area contributed by atoms with Crippen molar-refractivity contribution in [2.45, 2.75) is 32.7 Å². The Morgan fingerprint density at radius 3 is 2.94 bits per heavy atom. The van der Waals surface area contributed by atoms with Crippen molar-refractivity contribution in [1.29, 1.82) is 0 Å². The van der Waals surface area contributed by atoms with Gasteiger partial charge >= 0.3 is 5.97 Å². The summed E-state index contributed by atoms with van der Waals surface area (Å²) in [5, 5.41) is 5.36. The minimum atomic E-state index is -0.464. The molecule has 1 aromatic heterocycles. The summed E-state index contributed by atoms with van der Waals surface area (Å²) in [6.07, 6.45) is 0.838. The summed E-state index contributed by atoms with van der Waals surface area (Å²) >= 11 is 1.38. The quantitative estimate of drug-likeness (QED) is 0.719. The second-order valence-corrected chi connectivity index (χ2v) is 4.58. The molecule has 0 radical (unpaired) electrons. The van der Waals surface area contributed by atoms with Crippen LogP contribution in [0.15, 0.2) is 5.38 Å². The summed E-state index contributed by atoms with van der Waals surface area (Å²) in [5.74, 6) is -0.663. The number of carbonyl (C=O) groups is 2. The molecule has 0 spiro atoms. The molecule has 100 valence electrons. The van der Waals surface area contributed by atoms with Crippen LogP contribution in [0.1, 0.15) is 26.0 Å². The predicted octanol–water partition coefficient (Wildman–Crippen LogP) is 0.925. The number of nitrogens with one attached hydrogen (secondary N) is 1. The fraction of sp³-hybridized carbons (Fsp3) is 0.545. The molecule has 18 heavy (non-hydrogen) atoms. The van der Waals surface area contributed by atoms with Crippen LogP contribution in [0, 0.1) is 0 Å². The fourth-order valence-electron chi connectivity index (χ4n) is 1.21. The second kappa shape index (κ2) is 6.95. The van der Waals surface area contributed by atoms with Crippen LogP contribution in [0.3, 0.4) is 0 Å². The van der Waals surface area contributed by atoms with E-state index in [2.05, 4.69) is 10.3 Å². The summed E-state index contributed by atoms with van der Waals surface area (Å²) in [6.45, 7) is 3.83. The van der Waals surface area contributed by atoms with Crippen molar-refractivity contribution in [3.05, 3.63) is 11.1 Å². The molecule has 6 nitrogen and oxygen atoms in total. The van der Waals surface area contributed by atoms with Gasteiger partial charge in [0.05, 0.1) is 18.7 Å². The molecule has 1 heterocycles. The van der Waals surface area contributed by atoms with Gasteiger partial charge in [-0.2, -0.15) is 0 Å². The first-order valence-electron chi connectivity index (χ1n) is 5.68. The number of aryl methyl sites for hydroxylation is 1. The van der Waals surface area contributed by atoms with Crippen molar-refractivity contribution in [1.82, 2.24) is 4.98 Å². The lowest BCUT2D eigenvalue weighted by atomic mass is 10.2. The highest BCUT2D eigenvalue weighted by atomic mass is 32.1. The molecule has 3 N–H and O–H groups in total. The van der Waals surface area contributed by atoms with Gasteiger partial charge in [0.25, 0.3) is 0 Å². The zero-order chi connectivity index (χ0) is 13.5. The molecule has 0 aliphatic rings. The summed E-state index contributed by atoms with van der Waals surface area (Å²) in [4.78, 5) is 26.3. The van der Waals surface area contributed by atoms with Gasteiger partial charge < -0.3 is 15.8 Å². The van der Waals surface area contributed by atoms with E-state index in [1.165, 1.54) is 11.3 Å². The van der Waals surface area contributed by atoms with Crippen LogP contribution in [0.25, 0.3) is 0 Å². The lowest BCUT2D eigenvalue weighted by molar-refractivity contribution is -0.143. The highest BCUT2D eigenvalue weighted by Crippen LogP contribution is 2.17. The number of primary amides is 1. The number of nitrogens with zero attached hydrogens (tertiary/aromatic N) is 1. The van der Waals surface area contributed by atoms with E-state index in [-0.39, 0.29) is 5.97 Å². The van der Waals surface area contributed by atoms with E-state index in [1.54, 1.807) is 13.8 Å². The molecule has 0 bridgehead atoms. The number of ether oxygens (including phenoxy) is 1. The average molecular weight is 271 g/mol. The summed E-state index contributed by atoms with van der Waals surface area (Å²) < 4.78 is 4.83. The number of anilines is 1. The lowest BCUT2D eigenvalue weighted by Gasteiger charge is -2.07. The van der Waals surface area contributed by atoms with Gasteiger partial charge in [-0.1, -0.05) is 0 Å². The number of aromatic nitrogens is 1. The standard InChI is InChI=1S/C11H17N3O3S/c1-3-17-9(15)5-4-8-6-18-11(14-8)13-7(2)10(12)16/h6-7H,3-5H2,1-2H3,(H2,12,16)(H,13,14). The lowest BCUT2D eigenvalue weighted by Crippen LogP contribution is -2.32. The van der Waals surface area contributed by atoms with Crippen LogP contribution in [0.4, 0.5) is 5.13 Å². The topological polar surface area (TPSA) is 94.3 Å². The van der Waals surface area contributed by atoms with Gasteiger partial charge in [0, 0.05) is 11.8 Å². The molecule has 1 unspecified atom stereocenters. The third-order valence-corrected chi connectivity index (χ3v) is 3.03. The monoisotopic (exact) mass is 271 g/mol. The van der Waals surface area contributed by atoms with Crippen molar-refractivity contribution < 1.29 is 14.3 Å². The van der Waals surface area contributed by atoms with Crippen LogP contribution in [0.2, 0.25) is 0 Å². The molecule has 1 aromatic rings. The van der Waals surface area contributed by atoms with Crippen molar-refractivity contribution in [2.75, 3.05) is 11.9 Å². The van der Waals surface area contributed by atoms with E-state index in [1.807, 2.05) is 5.38 Å². The van der Waals surface area contributed by atoms with Crippen LogP contribution in [-0.2, 0) is 20.7 Å². The summed E-state index contributed by atoms with van der Waals surface area (Å²) in [6, 6.07) is -0.464. The molecule has 1 amide bonds. The van der Waals surface area contributed by atoms with Crippen molar-refractivity contribution in [3.63, 3.8) is 0 Å². The van der Waals surface area contributed by atoms with Gasteiger partial charge in [0.2, 0.25) is 5.91 Å². The van der Waals surface area contributed by atoms with Gasteiger partial charge in [-0.15, -0.1) is 11.3 Å². The van der Waals surface area contributed by atoms with Gasteiger partial charge in [-0.05, 0) is 13.8 Å². The van der Waals surface area contributed by atoms with Crippen LogP contribution < -0.4 is 11.1 Å². The van der Waals surface area contributed by atoms with Crippen molar-refractivity contribution >= 4 is 28.3 Å². The molecule has 0 aromatic carbocycles.